The zero-order valence-corrected chi connectivity index (χ0v) is 17.2. The van der Waals surface area contributed by atoms with Crippen molar-refractivity contribution in [2.24, 2.45) is 0 Å². The van der Waals surface area contributed by atoms with Crippen molar-refractivity contribution in [3.05, 3.63) is 76.9 Å². The normalized spacial score (nSPS) is 14.2. The first kappa shape index (κ1) is 19.1. The van der Waals surface area contributed by atoms with Crippen molar-refractivity contribution in [1.29, 1.82) is 0 Å². The van der Waals surface area contributed by atoms with Crippen molar-refractivity contribution >= 4 is 11.7 Å². The van der Waals surface area contributed by atoms with Crippen LogP contribution in [0.4, 0.5) is 5.82 Å². The minimum Gasteiger partial charge on any atom is -0.352 e. The number of rotatable bonds is 3. The Bertz CT molecular complexity index is 1020. The van der Waals surface area contributed by atoms with Crippen LogP contribution in [0.25, 0.3) is 11.3 Å². The van der Waals surface area contributed by atoms with Crippen LogP contribution in [-0.4, -0.2) is 47.2 Å². The van der Waals surface area contributed by atoms with Crippen LogP contribution in [0.3, 0.4) is 0 Å². The topological polar surface area (TPSA) is 49.3 Å². The van der Waals surface area contributed by atoms with E-state index in [2.05, 4.69) is 47.1 Å². The average molecular weight is 386 g/mol. The highest BCUT2D eigenvalue weighted by molar-refractivity contribution is 5.94. The molecule has 0 saturated carbocycles. The molecule has 2 heterocycles. The lowest BCUT2D eigenvalue weighted by atomic mass is 10.0. The number of anilines is 1. The van der Waals surface area contributed by atoms with E-state index in [1.807, 2.05) is 48.2 Å². The van der Waals surface area contributed by atoms with Crippen molar-refractivity contribution in [3.8, 4) is 11.3 Å². The maximum Gasteiger partial charge on any atom is 0.253 e. The summed E-state index contributed by atoms with van der Waals surface area (Å²) in [4.78, 5) is 16.8. The number of benzene rings is 2. The van der Waals surface area contributed by atoms with E-state index in [0.29, 0.717) is 13.1 Å². The quantitative estimate of drug-likeness (QED) is 0.682. The van der Waals surface area contributed by atoms with Gasteiger partial charge in [0.15, 0.2) is 5.82 Å². The van der Waals surface area contributed by atoms with Crippen LogP contribution in [0.1, 0.15) is 27.0 Å². The van der Waals surface area contributed by atoms with E-state index in [1.54, 1.807) is 0 Å². The minimum absolute atomic E-state index is 0.101. The van der Waals surface area contributed by atoms with Crippen LogP contribution in [-0.2, 0) is 0 Å². The van der Waals surface area contributed by atoms with Gasteiger partial charge in [0.05, 0.1) is 5.69 Å². The Kier molecular flexibility index (Phi) is 5.30. The number of hydrogen-bond donors (Lipinski definition) is 0. The van der Waals surface area contributed by atoms with E-state index in [9.17, 15) is 4.79 Å². The molecule has 1 aliphatic heterocycles. The molecule has 0 bridgehead atoms. The molecule has 4 rings (SSSR count). The zero-order valence-electron chi connectivity index (χ0n) is 17.2. The fourth-order valence-corrected chi connectivity index (χ4v) is 3.65. The monoisotopic (exact) mass is 386 g/mol. The highest BCUT2D eigenvalue weighted by Crippen LogP contribution is 2.22. The van der Waals surface area contributed by atoms with Crippen LogP contribution in [0.5, 0.6) is 0 Å². The summed E-state index contributed by atoms with van der Waals surface area (Å²) < 4.78 is 0. The molecule has 1 fully saturated rings. The Labute approximate surface area is 172 Å². The van der Waals surface area contributed by atoms with Gasteiger partial charge in [0.25, 0.3) is 5.91 Å². The van der Waals surface area contributed by atoms with Gasteiger partial charge in [-0.15, -0.1) is 10.2 Å². The first-order chi connectivity index (χ1) is 14.0. The van der Waals surface area contributed by atoms with Crippen LogP contribution in [0.2, 0.25) is 0 Å². The Morgan fingerprint density at radius 1 is 0.828 bits per heavy atom. The van der Waals surface area contributed by atoms with E-state index >= 15 is 0 Å². The maximum atomic E-state index is 12.7. The van der Waals surface area contributed by atoms with Gasteiger partial charge in [-0.2, -0.15) is 0 Å². The molecule has 0 atom stereocenters. The average Bonchev–Trinajstić information content (AvgIpc) is 2.75. The molecule has 0 aliphatic carbocycles. The molecule has 0 spiro atoms. The van der Waals surface area contributed by atoms with Gasteiger partial charge in [0, 0.05) is 37.3 Å². The first-order valence-corrected chi connectivity index (χ1v) is 10.0. The third kappa shape index (κ3) is 4.14. The highest BCUT2D eigenvalue weighted by Gasteiger charge is 2.23. The predicted octanol–water partition coefficient (Wildman–Crippen LogP) is 4.03. The summed E-state index contributed by atoms with van der Waals surface area (Å²) in [6.07, 6.45) is 0. The van der Waals surface area contributed by atoms with Gasteiger partial charge in [-0.3, -0.25) is 4.79 Å². The molecular weight excluding hydrogens is 360 g/mol. The molecule has 2 aromatic carbocycles. The number of carbonyl (C=O) groups is 1. The molecule has 29 heavy (non-hydrogen) atoms. The Morgan fingerprint density at radius 2 is 1.62 bits per heavy atom. The van der Waals surface area contributed by atoms with Gasteiger partial charge >= 0.3 is 0 Å². The summed E-state index contributed by atoms with van der Waals surface area (Å²) in [5, 5.41) is 8.88. The van der Waals surface area contributed by atoms with E-state index in [0.717, 1.165) is 41.3 Å². The van der Waals surface area contributed by atoms with Gasteiger partial charge in [-0.25, -0.2) is 0 Å². The van der Waals surface area contributed by atoms with Crippen LogP contribution >= 0.6 is 0 Å². The van der Waals surface area contributed by atoms with Crippen molar-refractivity contribution < 1.29 is 4.79 Å². The number of nitrogens with zero attached hydrogens (tertiary/aromatic N) is 4. The summed E-state index contributed by atoms with van der Waals surface area (Å²) in [5.41, 5.74) is 6.36. The second kappa shape index (κ2) is 8.03. The molecule has 1 saturated heterocycles. The lowest BCUT2D eigenvalue weighted by molar-refractivity contribution is 0.0746. The smallest absolute Gasteiger partial charge is 0.253 e. The van der Waals surface area contributed by atoms with Crippen molar-refractivity contribution in [1.82, 2.24) is 15.1 Å². The predicted molar refractivity (Wildman–Crippen MR) is 116 cm³/mol. The fourth-order valence-electron chi connectivity index (χ4n) is 3.65. The number of aromatic nitrogens is 2. The number of hydrogen-bond acceptors (Lipinski definition) is 4. The number of carbonyl (C=O) groups excluding carboxylic acids is 1. The van der Waals surface area contributed by atoms with Gasteiger partial charge < -0.3 is 9.80 Å². The number of piperazine rings is 1. The summed E-state index contributed by atoms with van der Waals surface area (Å²) in [6, 6.07) is 18.2. The number of aryl methyl sites for hydroxylation is 3. The van der Waals surface area contributed by atoms with Gasteiger partial charge in [0.2, 0.25) is 0 Å². The van der Waals surface area contributed by atoms with Crippen molar-refractivity contribution in [2.45, 2.75) is 20.8 Å². The third-order valence-corrected chi connectivity index (χ3v) is 5.61. The van der Waals surface area contributed by atoms with Gasteiger partial charge in [0.1, 0.15) is 0 Å². The Morgan fingerprint density at radius 3 is 2.28 bits per heavy atom. The van der Waals surface area contributed by atoms with E-state index in [-0.39, 0.29) is 5.91 Å². The standard InChI is InChI=1S/C24H26N4O/c1-17-5-4-6-21(15-17)24(29)28-13-11-27(12-14-28)23-10-9-22(25-26-23)20-8-7-18(2)19(3)16-20/h4-10,15-16H,11-14H2,1-3H3. The van der Waals surface area contributed by atoms with E-state index in [1.165, 1.54) is 11.1 Å². The zero-order chi connectivity index (χ0) is 20.4. The molecule has 0 N–H and O–H groups in total. The van der Waals surface area contributed by atoms with Crippen LogP contribution < -0.4 is 4.90 Å². The van der Waals surface area contributed by atoms with E-state index in [4.69, 9.17) is 0 Å². The second-order valence-electron chi connectivity index (χ2n) is 7.72. The molecule has 3 aromatic rings. The fraction of sp³-hybridized carbons (Fsp3) is 0.292. The van der Waals surface area contributed by atoms with Gasteiger partial charge in [-0.05, 0) is 62.2 Å². The molecule has 1 amide bonds. The molecule has 0 unspecified atom stereocenters. The first-order valence-electron chi connectivity index (χ1n) is 10.0. The lowest BCUT2D eigenvalue weighted by Gasteiger charge is -2.35. The van der Waals surface area contributed by atoms with Crippen LogP contribution in [0.15, 0.2) is 54.6 Å². The lowest BCUT2D eigenvalue weighted by Crippen LogP contribution is -2.49. The molecule has 0 radical (unpaired) electrons. The van der Waals surface area contributed by atoms with Gasteiger partial charge in [-0.1, -0.05) is 29.8 Å². The molecule has 5 nitrogen and oxygen atoms in total. The molecule has 1 aromatic heterocycles. The molecule has 5 heteroatoms. The van der Waals surface area contributed by atoms with Crippen molar-refractivity contribution in [3.63, 3.8) is 0 Å². The van der Waals surface area contributed by atoms with Crippen molar-refractivity contribution in [2.75, 3.05) is 31.1 Å². The summed E-state index contributed by atoms with van der Waals surface area (Å²) in [5.74, 6) is 0.963. The van der Waals surface area contributed by atoms with Crippen LogP contribution in [0, 0.1) is 20.8 Å². The minimum atomic E-state index is 0.101. The number of amides is 1. The van der Waals surface area contributed by atoms with E-state index < -0.39 is 0 Å². The Hall–Kier alpha value is -3.21. The SMILES string of the molecule is Cc1cccc(C(=O)N2CCN(c3ccc(-c4ccc(C)c(C)c4)nn3)CC2)c1. The molecule has 1 aliphatic rings. The summed E-state index contributed by atoms with van der Waals surface area (Å²) in [6.45, 7) is 9.12. The Balaban J connectivity index is 1.41. The largest absolute Gasteiger partial charge is 0.352 e. The molecule has 148 valence electrons. The summed E-state index contributed by atoms with van der Waals surface area (Å²) in [7, 11) is 0. The third-order valence-electron chi connectivity index (χ3n) is 5.61. The highest BCUT2D eigenvalue weighted by atomic mass is 16.2. The molecular formula is C24H26N4O. The summed E-state index contributed by atoms with van der Waals surface area (Å²) >= 11 is 0. The maximum absolute atomic E-state index is 12.7. The second-order valence-corrected chi connectivity index (χ2v) is 7.72.